The van der Waals surface area contributed by atoms with E-state index < -0.39 is 10.8 Å². The zero-order valence-electron chi connectivity index (χ0n) is 20.4. The Morgan fingerprint density at radius 2 is 1.80 bits per heavy atom. The van der Waals surface area contributed by atoms with Crippen LogP contribution in [0.2, 0.25) is 5.02 Å². The molecule has 0 saturated heterocycles. The average Bonchev–Trinajstić information content (AvgIpc) is 2.78. The number of carbonyl (C=O) groups excluding carboxylic acids is 2. The van der Waals surface area contributed by atoms with Gasteiger partial charge in [-0.3, -0.25) is 19.7 Å². The van der Waals surface area contributed by atoms with Gasteiger partial charge in [0.1, 0.15) is 0 Å². The van der Waals surface area contributed by atoms with Crippen LogP contribution in [-0.2, 0) is 11.3 Å². The molecule has 0 aliphatic heterocycles. The first-order valence-corrected chi connectivity index (χ1v) is 12.2. The average molecular weight is 501 g/mol. The molecule has 2 aromatic carbocycles. The molecule has 1 fully saturated rings. The number of halogens is 1. The van der Waals surface area contributed by atoms with Gasteiger partial charge < -0.3 is 16.0 Å². The standard InChI is InChI=1S/C26H33ClN4O4/c1-26(2,3)15-24(32)30(23-7-5-4-6-22(23)28)16-18-14-19(10-13-21(18)27)29-25(33)17-8-11-20(12-9-17)31(34)35/h8-14,22-23H,4-7,15-16,28H2,1-3H3,(H,29,33). The number of hydrogen-bond acceptors (Lipinski definition) is 5. The van der Waals surface area contributed by atoms with E-state index >= 15 is 0 Å². The van der Waals surface area contributed by atoms with E-state index in [2.05, 4.69) is 5.32 Å². The van der Waals surface area contributed by atoms with Crippen molar-refractivity contribution in [2.24, 2.45) is 11.1 Å². The van der Waals surface area contributed by atoms with Gasteiger partial charge in [0.15, 0.2) is 0 Å². The Morgan fingerprint density at radius 3 is 2.40 bits per heavy atom. The third-order valence-corrected chi connectivity index (χ3v) is 6.54. The SMILES string of the molecule is CC(C)(C)CC(=O)N(Cc1cc(NC(=O)c2ccc([N+](=O)[O-])cc2)ccc1Cl)C1CCCCC1N. The van der Waals surface area contributed by atoms with E-state index in [9.17, 15) is 19.7 Å². The van der Waals surface area contributed by atoms with Crippen molar-refractivity contribution in [3.8, 4) is 0 Å². The van der Waals surface area contributed by atoms with Gasteiger partial charge in [0.05, 0.1) is 4.92 Å². The highest BCUT2D eigenvalue weighted by molar-refractivity contribution is 6.31. The summed E-state index contributed by atoms with van der Waals surface area (Å²) in [6.45, 7) is 6.40. The molecule has 0 heterocycles. The normalized spacial score (nSPS) is 18.1. The van der Waals surface area contributed by atoms with Gasteiger partial charge in [-0.15, -0.1) is 0 Å². The van der Waals surface area contributed by atoms with Gasteiger partial charge >= 0.3 is 0 Å². The summed E-state index contributed by atoms with van der Waals surface area (Å²) in [4.78, 5) is 38.2. The summed E-state index contributed by atoms with van der Waals surface area (Å²) in [6.07, 6.45) is 4.21. The minimum absolute atomic E-state index is 0.0382. The molecule has 188 valence electrons. The van der Waals surface area contributed by atoms with Crippen LogP contribution in [0.5, 0.6) is 0 Å². The fraction of sp³-hybridized carbons (Fsp3) is 0.462. The molecule has 3 N–H and O–H groups in total. The Hall–Kier alpha value is -2.97. The molecule has 2 amide bonds. The molecule has 2 unspecified atom stereocenters. The minimum atomic E-state index is -0.516. The maximum atomic E-state index is 13.4. The molecule has 35 heavy (non-hydrogen) atoms. The summed E-state index contributed by atoms with van der Waals surface area (Å²) in [5, 5.41) is 14.2. The molecule has 9 heteroatoms. The molecule has 8 nitrogen and oxygen atoms in total. The number of hydrogen-bond donors (Lipinski definition) is 2. The molecule has 1 aliphatic carbocycles. The molecule has 0 aromatic heterocycles. The number of benzene rings is 2. The molecule has 0 spiro atoms. The lowest BCUT2D eigenvalue weighted by Crippen LogP contribution is -2.52. The third-order valence-electron chi connectivity index (χ3n) is 6.17. The van der Waals surface area contributed by atoms with E-state index in [1.807, 2.05) is 25.7 Å². The third kappa shape index (κ3) is 7.26. The Balaban J connectivity index is 1.82. The Kier molecular flexibility index (Phi) is 8.51. The van der Waals surface area contributed by atoms with E-state index in [-0.39, 0.29) is 29.1 Å². The summed E-state index contributed by atoms with van der Waals surface area (Å²) in [6, 6.07) is 10.4. The Bertz CT molecular complexity index is 1080. The molecule has 0 radical (unpaired) electrons. The summed E-state index contributed by atoms with van der Waals surface area (Å²) in [5.41, 5.74) is 7.71. The highest BCUT2D eigenvalue weighted by atomic mass is 35.5. The fourth-order valence-electron chi connectivity index (χ4n) is 4.37. The Labute approximate surface area is 211 Å². The first kappa shape index (κ1) is 26.6. The number of nitrogens with zero attached hydrogens (tertiary/aromatic N) is 2. The highest BCUT2D eigenvalue weighted by Gasteiger charge is 2.33. The van der Waals surface area contributed by atoms with Gasteiger partial charge in [-0.25, -0.2) is 0 Å². The van der Waals surface area contributed by atoms with E-state index in [1.165, 1.54) is 24.3 Å². The van der Waals surface area contributed by atoms with E-state index in [0.29, 0.717) is 34.8 Å². The molecule has 1 saturated carbocycles. The Morgan fingerprint density at radius 1 is 1.14 bits per heavy atom. The van der Waals surface area contributed by atoms with Crippen LogP contribution in [0.4, 0.5) is 11.4 Å². The van der Waals surface area contributed by atoms with Crippen molar-refractivity contribution < 1.29 is 14.5 Å². The number of anilines is 1. The lowest BCUT2D eigenvalue weighted by atomic mass is 9.87. The van der Waals surface area contributed by atoms with Gasteiger partial charge in [0.25, 0.3) is 11.6 Å². The first-order chi connectivity index (χ1) is 16.4. The second-order valence-electron chi connectivity index (χ2n) is 10.3. The second kappa shape index (κ2) is 11.2. The molecule has 2 aromatic rings. The summed E-state index contributed by atoms with van der Waals surface area (Å²) < 4.78 is 0. The second-order valence-corrected chi connectivity index (χ2v) is 10.7. The smallest absolute Gasteiger partial charge is 0.269 e. The van der Waals surface area contributed by atoms with Crippen LogP contribution >= 0.6 is 11.6 Å². The van der Waals surface area contributed by atoms with Gasteiger partial charge in [0, 0.05) is 53.5 Å². The fourth-order valence-corrected chi connectivity index (χ4v) is 4.54. The zero-order chi connectivity index (χ0) is 25.8. The molecule has 3 rings (SSSR count). The van der Waals surface area contributed by atoms with Crippen LogP contribution in [0.1, 0.15) is 68.8 Å². The number of non-ortho nitro benzene ring substituents is 1. The number of nitro groups is 1. The molecular weight excluding hydrogens is 468 g/mol. The number of amides is 2. The van der Waals surface area contributed by atoms with Crippen molar-refractivity contribution in [3.63, 3.8) is 0 Å². The molecular formula is C26H33ClN4O4. The predicted molar refractivity (Wildman–Crippen MR) is 137 cm³/mol. The highest BCUT2D eigenvalue weighted by Crippen LogP contribution is 2.30. The summed E-state index contributed by atoms with van der Waals surface area (Å²) in [5.74, 6) is -0.362. The van der Waals surface area contributed by atoms with E-state index in [0.717, 1.165) is 25.7 Å². The number of nitrogens with two attached hydrogens (primary N) is 1. The van der Waals surface area contributed by atoms with Gasteiger partial charge in [0.2, 0.25) is 5.91 Å². The lowest BCUT2D eigenvalue weighted by Gasteiger charge is -2.39. The summed E-state index contributed by atoms with van der Waals surface area (Å²) in [7, 11) is 0. The van der Waals surface area contributed by atoms with Crippen molar-refractivity contribution in [1.29, 1.82) is 0 Å². The molecule has 0 bridgehead atoms. The predicted octanol–water partition coefficient (Wildman–Crippen LogP) is 5.54. The van der Waals surface area contributed by atoms with Crippen LogP contribution in [-0.4, -0.2) is 33.7 Å². The minimum Gasteiger partial charge on any atom is -0.334 e. The van der Waals surface area contributed by atoms with Crippen molar-refractivity contribution in [3.05, 3.63) is 68.7 Å². The maximum absolute atomic E-state index is 13.4. The monoisotopic (exact) mass is 500 g/mol. The molecule has 2 atom stereocenters. The van der Waals surface area contributed by atoms with Gasteiger partial charge in [-0.05, 0) is 54.2 Å². The van der Waals surface area contributed by atoms with Gasteiger partial charge in [-0.1, -0.05) is 45.2 Å². The number of rotatable bonds is 7. The quantitative estimate of drug-likeness (QED) is 0.382. The van der Waals surface area contributed by atoms with Crippen LogP contribution in [0.25, 0.3) is 0 Å². The van der Waals surface area contributed by atoms with Crippen LogP contribution in [0.3, 0.4) is 0 Å². The van der Waals surface area contributed by atoms with Crippen LogP contribution in [0, 0.1) is 15.5 Å². The largest absolute Gasteiger partial charge is 0.334 e. The lowest BCUT2D eigenvalue weighted by molar-refractivity contribution is -0.384. The van der Waals surface area contributed by atoms with Gasteiger partial charge in [-0.2, -0.15) is 0 Å². The topological polar surface area (TPSA) is 119 Å². The van der Waals surface area contributed by atoms with Crippen molar-refractivity contribution in [2.45, 2.75) is 71.5 Å². The summed E-state index contributed by atoms with van der Waals surface area (Å²) >= 11 is 6.51. The number of carbonyl (C=O) groups is 2. The number of nitro benzene ring substituents is 1. The van der Waals surface area contributed by atoms with Crippen LogP contribution in [0.15, 0.2) is 42.5 Å². The van der Waals surface area contributed by atoms with E-state index in [4.69, 9.17) is 17.3 Å². The van der Waals surface area contributed by atoms with Crippen LogP contribution < -0.4 is 11.1 Å². The van der Waals surface area contributed by atoms with Crippen molar-refractivity contribution in [2.75, 3.05) is 5.32 Å². The molecule has 1 aliphatic rings. The number of nitrogens with one attached hydrogen (secondary N) is 1. The van der Waals surface area contributed by atoms with Crippen molar-refractivity contribution in [1.82, 2.24) is 4.90 Å². The zero-order valence-corrected chi connectivity index (χ0v) is 21.2. The first-order valence-electron chi connectivity index (χ1n) is 11.8. The van der Waals surface area contributed by atoms with E-state index in [1.54, 1.807) is 18.2 Å². The van der Waals surface area contributed by atoms with Crippen molar-refractivity contribution >= 4 is 34.8 Å². The maximum Gasteiger partial charge on any atom is 0.269 e.